The molecule has 0 unspecified atom stereocenters. The molecule has 1 aliphatic rings. The molecule has 0 bridgehead atoms. The molecule has 2 N–H and O–H groups in total. The van der Waals surface area contributed by atoms with Gasteiger partial charge < -0.3 is 19.5 Å². The largest absolute Gasteiger partial charge is 0.459 e. The van der Waals surface area contributed by atoms with Crippen LogP contribution >= 0.6 is 0 Å². The zero-order chi connectivity index (χ0) is 17.2. The highest BCUT2D eigenvalue weighted by molar-refractivity contribution is 5.78. The summed E-state index contributed by atoms with van der Waals surface area (Å²) in [4.78, 5) is 16.6. The molecule has 0 radical (unpaired) electrons. The maximum Gasteiger partial charge on any atom is 0.263 e. The number of carbonyl (C=O) groups is 1. The zero-order valence-electron chi connectivity index (χ0n) is 14.0. The van der Waals surface area contributed by atoms with Gasteiger partial charge in [0.05, 0.1) is 18.4 Å². The van der Waals surface area contributed by atoms with Crippen LogP contribution in [0.15, 0.2) is 45.4 Å². The third-order valence-electron chi connectivity index (χ3n) is 4.34. The van der Waals surface area contributed by atoms with Gasteiger partial charge in [-0.1, -0.05) is 18.2 Å². The van der Waals surface area contributed by atoms with Crippen molar-refractivity contribution in [3.8, 4) is 11.7 Å². The predicted octanol–water partition coefficient (Wildman–Crippen LogP) is 2.71. The van der Waals surface area contributed by atoms with Gasteiger partial charge in [0.2, 0.25) is 5.91 Å². The van der Waals surface area contributed by atoms with Crippen LogP contribution in [0.4, 0.5) is 0 Å². The minimum Gasteiger partial charge on any atom is -0.459 e. The maximum atomic E-state index is 12.2. The molecular formula is C19H19N3O3. The lowest BCUT2D eigenvalue weighted by molar-refractivity contribution is -0.120. The van der Waals surface area contributed by atoms with Crippen molar-refractivity contribution >= 4 is 5.91 Å². The molecule has 3 heterocycles. The number of carbonyl (C=O) groups excluding carboxylic acids is 1. The molecule has 0 atom stereocenters. The molecular weight excluding hydrogens is 318 g/mol. The van der Waals surface area contributed by atoms with E-state index >= 15 is 0 Å². The van der Waals surface area contributed by atoms with Gasteiger partial charge in [0.1, 0.15) is 5.76 Å². The maximum absolute atomic E-state index is 12.2. The van der Waals surface area contributed by atoms with Gasteiger partial charge in [-0.25, -0.2) is 4.98 Å². The van der Waals surface area contributed by atoms with E-state index < -0.39 is 0 Å². The van der Waals surface area contributed by atoms with Crippen LogP contribution in [0.1, 0.15) is 28.1 Å². The lowest BCUT2D eigenvalue weighted by atomic mass is 10.1. The molecule has 25 heavy (non-hydrogen) atoms. The molecule has 0 saturated heterocycles. The quantitative estimate of drug-likeness (QED) is 0.748. The van der Waals surface area contributed by atoms with Crippen LogP contribution < -0.4 is 10.6 Å². The van der Waals surface area contributed by atoms with Gasteiger partial charge in [0, 0.05) is 19.6 Å². The van der Waals surface area contributed by atoms with Gasteiger partial charge in [-0.05, 0) is 35.7 Å². The van der Waals surface area contributed by atoms with Crippen molar-refractivity contribution in [1.82, 2.24) is 15.6 Å². The Kier molecular flexibility index (Phi) is 4.11. The van der Waals surface area contributed by atoms with Crippen LogP contribution in [0.3, 0.4) is 0 Å². The summed E-state index contributed by atoms with van der Waals surface area (Å²) in [6.45, 7) is 4.12. The number of hydrogen-bond acceptors (Lipinski definition) is 5. The van der Waals surface area contributed by atoms with E-state index in [1.54, 1.807) is 25.3 Å². The first kappa shape index (κ1) is 15.7. The van der Waals surface area contributed by atoms with E-state index in [4.69, 9.17) is 8.83 Å². The monoisotopic (exact) mass is 337 g/mol. The summed E-state index contributed by atoms with van der Waals surface area (Å²) in [5.74, 6) is 1.50. The van der Waals surface area contributed by atoms with Crippen molar-refractivity contribution in [1.29, 1.82) is 0 Å². The topological polar surface area (TPSA) is 80.3 Å². The summed E-state index contributed by atoms with van der Waals surface area (Å²) >= 11 is 0. The minimum atomic E-state index is -0.0824. The summed E-state index contributed by atoms with van der Waals surface area (Å²) in [6.07, 6.45) is 1.75. The molecule has 0 aliphatic carbocycles. The zero-order valence-corrected chi connectivity index (χ0v) is 14.0. The average molecular weight is 337 g/mol. The second kappa shape index (κ2) is 6.57. The molecule has 3 aromatic rings. The first-order valence-corrected chi connectivity index (χ1v) is 8.27. The molecule has 2 aromatic heterocycles. The molecule has 128 valence electrons. The lowest BCUT2D eigenvalue weighted by Crippen LogP contribution is -2.25. The Morgan fingerprint density at radius 3 is 3.00 bits per heavy atom. The average Bonchev–Trinajstić information content (AvgIpc) is 3.34. The third-order valence-corrected chi connectivity index (χ3v) is 4.34. The van der Waals surface area contributed by atoms with E-state index in [0.717, 1.165) is 18.7 Å². The highest BCUT2D eigenvalue weighted by atomic mass is 16.4. The van der Waals surface area contributed by atoms with Crippen LogP contribution in [-0.4, -0.2) is 10.9 Å². The number of furan rings is 1. The number of rotatable bonds is 5. The van der Waals surface area contributed by atoms with Crippen molar-refractivity contribution in [2.24, 2.45) is 0 Å². The van der Waals surface area contributed by atoms with Crippen LogP contribution in [0.5, 0.6) is 0 Å². The van der Waals surface area contributed by atoms with Gasteiger partial charge in [0.15, 0.2) is 5.76 Å². The summed E-state index contributed by atoms with van der Waals surface area (Å²) in [5, 5.41) is 6.26. The Balaban J connectivity index is 1.38. The second-order valence-corrected chi connectivity index (χ2v) is 6.16. The van der Waals surface area contributed by atoms with Crippen molar-refractivity contribution in [3.63, 3.8) is 0 Å². The first-order chi connectivity index (χ1) is 12.2. The number of aryl methyl sites for hydroxylation is 1. The molecule has 1 amide bonds. The fourth-order valence-electron chi connectivity index (χ4n) is 2.97. The second-order valence-electron chi connectivity index (χ2n) is 6.16. The summed E-state index contributed by atoms with van der Waals surface area (Å²) in [5.41, 5.74) is 4.37. The fraction of sp³-hybridized carbons (Fsp3) is 0.263. The van der Waals surface area contributed by atoms with Gasteiger partial charge in [-0.15, -0.1) is 0 Å². The highest BCUT2D eigenvalue weighted by Gasteiger charge is 2.16. The number of benzene rings is 1. The Hall–Kier alpha value is -2.86. The SMILES string of the molecule is Cc1oc(-c2ccco2)nc1CC(=O)NCc1ccc2c(c1)CNC2. The van der Waals surface area contributed by atoms with Crippen molar-refractivity contribution < 1.29 is 13.6 Å². The van der Waals surface area contributed by atoms with Gasteiger partial charge in [0.25, 0.3) is 5.89 Å². The van der Waals surface area contributed by atoms with E-state index in [2.05, 4.69) is 33.8 Å². The third kappa shape index (κ3) is 3.34. The van der Waals surface area contributed by atoms with Gasteiger partial charge in [-0.3, -0.25) is 4.79 Å². The number of hydrogen-bond donors (Lipinski definition) is 2. The van der Waals surface area contributed by atoms with Gasteiger partial charge >= 0.3 is 0 Å². The van der Waals surface area contributed by atoms with Crippen molar-refractivity contribution in [2.75, 3.05) is 0 Å². The number of nitrogens with one attached hydrogen (secondary N) is 2. The van der Waals surface area contributed by atoms with Crippen LogP contribution in [0.2, 0.25) is 0 Å². The smallest absolute Gasteiger partial charge is 0.263 e. The van der Waals surface area contributed by atoms with Crippen molar-refractivity contribution in [2.45, 2.75) is 33.0 Å². The Morgan fingerprint density at radius 1 is 1.28 bits per heavy atom. The van der Waals surface area contributed by atoms with E-state index in [9.17, 15) is 4.79 Å². The lowest BCUT2D eigenvalue weighted by Gasteiger charge is -2.06. The summed E-state index contributed by atoms with van der Waals surface area (Å²) in [7, 11) is 0. The van der Waals surface area contributed by atoms with E-state index in [0.29, 0.717) is 29.6 Å². The fourth-order valence-corrected chi connectivity index (χ4v) is 2.97. The van der Waals surface area contributed by atoms with Crippen LogP contribution in [0.25, 0.3) is 11.7 Å². The molecule has 1 aliphatic heterocycles. The predicted molar refractivity (Wildman–Crippen MR) is 91.5 cm³/mol. The molecule has 0 saturated carbocycles. The Bertz CT molecular complexity index is 897. The number of fused-ring (bicyclic) bond motifs is 1. The molecule has 1 aromatic carbocycles. The molecule has 0 fully saturated rings. The first-order valence-electron chi connectivity index (χ1n) is 8.27. The molecule has 6 heteroatoms. The Morgan fingerprint density at radius 2 is 2.16 bits per heavy atom. The normalized spacial score (nSPS) is 13.0. The van der Waals surface area contributed by atoms with E-state index in [1.165, 1.54) is 11.1 Å². The van der Waals surface area contributed by atoms with Crippen LogP contribution in [0, 0.1) is 6.92 Å². The summed E-state index contributed by atoms with van der Waals surface area (Å²) < 4.78 is 10.9. The van der Waals surface area contributed by atoms with E-state index in [-0.39, 0.29) is 12.3 Å². The number of oxazole rings is 1. The number of amides is 1. The standard InChI is InChI=1S/C19H19N3O3/c1-12-16(22-19(25-12)17-3-2-6-24-17)8-18(23)21-9-13-4-5-14-10-20-11-15(14)7-13/h2-7,20H,8-11H2,1H3,(H,21,23). The molecule has 6 nitrogen and oxygen atoms in total. The highest BCUT2D eigenvalue weighted by Crippen LogP contribution is 2.22. The summed E-state index contributed by atoms with van der Waals surface area (Å²) in [6, 6.07) is 9.87. The van der Waals surface area contributed by atoms with Crippen molar-refractivity contribution in [3.05, 3.63) is 64.7 Å². The van der Waals surface area contributed by atoms with E-state index in [1.807, 2.05) is 0 Å². The van der Waals surface area contributed by atoms with Gasteiger partial charge in [-0.2, -0.15) is 0 Å². The molecule has 4 rings (SSSR count). The number of aromatic nitrogens is 1. The van der Waals surface area contributed by atoms with Crippen LogP contribution in [-0.2, 0) is 30.8 Å². The Labute approximate surface area is 145 Å². The number of nitrogens with zero attached hydrogens (tertiary/aromatic N) is 1. The minimum absolute atomic E-state index is 0.0824. The molecule has 0 spiro atoms.